The van der Waals surface area contributed by atoms with E-state index >= 15 is 0 Å². The highest BCUT2D eigenvalue weighted by Crippen LogP contribution is 2.20. The SMILES string of the molecule is COc1ccc(CSC[C@@H](O)CO)cc1F. The number of halogens is 1. The lowest BCUT2D eigenvalue weighted by Crippen LogP contribution is -2.14. The first-order valence-corrected chi connectivity index (χ1v) is 6.02. The van der Waals surface area contributed by atoms with Crippen LogP contribution in [0.1, 0.15) is 5.56 Å². The molecular weight excluding hydrogens is 231 g/mol. The highest BCUT2D eigenvalue weighted by atomic mass is 32.2. The Labute approximate surface area is 98.2 Å². The molecule has 0 bridgehead atoms. The van der Waals surface area contributed by atoms with E-state index in [4.69, 9.17) is 14.9 Å². The molecule has 5 heteroatoms. The monoisotopic (exact) mass is 246 g/mol. The van der Waals surface area contributed by atoms with E-state index in [1.165, 1.54) is 24.9 Å². The van der Waals surface area contributed by atoms with Crippen molar-refractivity contribution in [2.75, 3.05) is 19.5 Å². The smallest absolute Gasteiger partial charge is 0.165 e. The molecule has 3 nitrogen and oxygen atoms in total. The Morgan fingerprint density at radius 3 is 2.81 bits per heavy atom. The lowest BCUT2D eigenvalue weighted by atomic mass is 10.2. The number of rotatable bonds is 6. The second kappa shape index (κ2) is 6.73. The molecular formula is C11H15FO3S. The van der Waals surface area contributed by atoms with Crippen LogP contribution in [0.5, 0.6) is 5.75 Å². The highest BCUT2D eigenvalue weighted by Gasteiger charge is 2.05. The van der Waals surface area contributed by atoms with Crippen LogP contribution >= 0.6 is 11.8 Å². The normalized spacial score (nSPS) is 12.5. The van der Waals surface area contributed by atoms with Gasteiger partial charge in [-0.25, -0.2) is 4.39 Å². The van der Waals surface area contributed by atoms with Crippen molar-refractivity contribution in [3.05, 3.63) is 29.6 Å². The molecule has 0 aliphatic rings. The first-order valence-electron chi connectivity index (χ1n) is 4.86. The van der Waals surface area contributed by atoms with Crippen LogP contribution in [0.2, 0.25) is 0 Å². The van der Waals surface area contributed by atoms with Crippen LogP contribution in [0.15, 0.2) is 18.2 Å². The maximum Gasteiger partial charge on any atom is 0.165 e. The zero-order chi connectivity index (χ0) is 12.0. The van der Waals surface area contributed by atoms with Crippen molar-refractivity contribution in [3.8, 4) is 5.75 Å². The quantitative estimate of drug-likeness (QED) is 0.797. The topological polar surface area (TPSA) is 49.7 Å². The van der Waals surface area contributed by atoms with Crippen LogP contribution in [0.25, 0.3) is 0 Å². The van der Waals surface area contributed by atoms with E-state index in [0.717, 1.165) is 5.56 Å². The summed E-state index contributed by atoms with van der Waals surface area (Å²) in [7, 11) is 1.42. The third-order valence-electron chi connectivity index (χ3n) is 2.01. The molecule has 1 atom stereocenters. The first kappa shape index (κ1) is 13.3. The van der Waals surface area contributed by atoms with Gasteiger partial charge in [-0.05, 0) is 17.7 Å². The zero-order valence-electron chi connectivity index (χ0n) is 9.02. The number of benzene rings is 1. The maximum atomic E-state index is 13.3. The van der Waals surface area contributed by atoms with Crippen LogP contribution in [0, 0.1) is 5.82 Å². The van der Waals surface area contributed by atoms with Gasteiger partial charge in [0.2, 0.25) is 0 Å². The largest absolute Gasteiger partial charge is 0.494 e. The number of thioether (sulfide) groups is 1. The van der Waals surface area contributed by atoms with Crippen molar-refractivity contribution < 1.29 is 19.3 Å². The molecule has 0 heterocycles. The Hall–Kier alpha value is -0.780. The van der Waals surface area contributed by atoms with Crippen LogP contribution in [-0.2, 0) is 5.75 Å². The number of aliphatic hydroxyl groups is 2. The minimum atomic E-state index is -0.715. The molecule has 0 unspecified atom stereocenters. The van der Waals surface area contributed by atoms with Crippen molar-refractivity contribution in [1.82, 2.24) is 0 Å². The van der Waals surface area contributed by atoms with Gasteiger partial charge in [0.05, 0.1) is 19.8 Å². The number of ether oxygens (including phenoxy) is 1. The summed E-state index contributed by atoms with van der Waals surface area (Å²) >= 11 is 1.44. The third-order valence-corrected chi connectivity index (χ3v) is 3.16. The molecule has 0 amide bonds. The second-order valence-electron chi connectivity index (χ2n) is 3.32. The lowest BCUT2D eigenvalue weighted by Gasteiger charge is -2.07. The Balaban J connectivity index is 2.46. The summed E-state index contributed by atoms with van der Waals surface area (Å²) in [4.78, 5) is 0. The molecule has 0 spiro atoms. The molecule has 1 rings (SSSR count). The van der Waals surface area contributed by atoms with E-state index < -0.39 is 6.10 Å². The maximum absolute atomic E-state index is 13.3. The zero-order valence-corrected chi connectivity index (χ0v) is 9.84. The van der Waals surface area contributed by atoms with Crippen molar-refractivity contribution in [2.45, 2.75) is 11.9 Å². The van der Waals surface area contributed by atoms with E-state index in [1.807, 2.05) is 0 Å². The van der Waals surface area contributed by atoms with E-state index in [0.29, 0.717) is 11.5 Å². The third kappa shape index (κ3) is 4.00. The molecule has 0 aliphatic heterocycles. The molecule has 2 N–H and O–H groups in total. The highest BCUT2D eigenvalue weighted by molar-refractivity contribution is 7.98. The molecule has 16 heavy (non-hydrogen) atoms. The number of hydrogen-bond donors (Lipinski definition) is 2. The summed E-state index contributed by atoms with van der Waals surface area (Å²) in [6, 6.07) is 4.77. The molecule has 0 aliphatic carbocycles. The van der Waals surface area contributed by atoms with E-state index in [9.17, 15) is 4.39 Å². The molecule has 1 aromatic carbocycles. The fourth-order valence-corrected chi connectivity index (χ4v) is 2.08. The fraction of sp³-hybridized carbons (Fsp3) is 0.455. The number of aliphatic hydroxyl groups excluding tert-OH is 2. The molecule has 0 saturated carbocycles. The second-order valence-corrected chi connectivity index (χ2v) is 4.35. The standard InChI is InChI=1S/C11H15FO3S/c1-15-11-3-2-8(4-10(11)12)6-16-7-9(14)5-13/h2-4,9,13-14H,5-7H2,1H3/t9-/m0/s1. The van der Waals surface area contributed by atoms with Gasteiger partial charge >= 0.3 is 0 Å². The predicted molar refractivity (Wildman–Crippen MR) is 62.2 cm³/mol. The molecule has 1 aromatic rings. The van der Waals surface area contributed by atoms with Gasteiger partial charge in [-0.1, -0.05) is 6.07 Å². The Kier molecular flexibility index (Phi) is 5.59. The Morgan fingerprint density at radius 2 is 2.25 bits per heavy atom. The average molecular weight is 246 g/mol. The van der Waals surface area contributed by atoms with Gasteiger partial charge in [-0.15, -0.1) is 0 Å². The molecule has 0 fully saturated rings. The van der Waals surface area contributed by atoms with Gasteiger partial charge in [0.25, 0.3) is 0 Å². The van der Waals surface area contributed by atoms with Gasteiger partial charge in [-0.3, -0.25) is 0 Å². The Bertz CT molecular complexity index is 333. The minimum Gasteiger partial charge on any atom is -0.494 e. The lowest BCUT2D eigenvalue weighted by molar-refractivity contribution is 0.113. The minimum absolute atomic E-state index is 0.226. The number of methoxy groups -OCH3 is 1. The van der Waals surface area contributed by atoms with Crippen LogP contribution < -0.4 is 4.74 Å². The van der Waals surface area contributed by atoms with Crippen molar-refractivity contribution in [3.63, 3.8) is 0 Å². The summed E-state index contributed by atoms with van der Waals surface area (Å²) in [5.41, 5.74) is 0.827. The van der Waals surface area contributed by atoms with Gasteiger partial charge in [0.1, 0.15) is 0 Å². The van der Waals surface area contributed by atoms with Gasteiger partial charge in [0, 0.05) is 11.5 Å². The molecule has 90 valence electrons. The summed E-state index contributed by atoms with van der Waals surface area (Å²) in [6.07, 6.45) is -0.715. The molecule has 0 radical (unpaired) electrons. The predicted octanol–water partition coefficient (Wildman–Crippen LogP) is 1.42. The van der Waals surface area contributed by atoms with Crippen molar-refractivity contribution >= 4 is 11.8 Å². The van der Waals surface area contributed by atoms with E-state index in [2.05, 4.69) is 0 Å². The summed E-state index contributed by atoms with van der Waals surface area (Å²) in [6.45, 7) is -0.246. The van der Waals surface area contributed by atoms with Crippen molar-refractivity contribution in [2.24, 2.45) is 0 Å². The Morgan fingerprint density at radius 1 is 1.50 bits per heavy atom. The summed E-state index contributed by atoms with van der Waals surface area (Å²) < 4.78 is 18.1. The van der Waals surface area contributed by atoms with Crippen LogP contribution in [-0.4, -0.2) is 35.8 Å². The fourth-order valence-electron chi connectivity index (χ4n) is 1.17. The van der Waals surface area contributed by atoms with E-state index in [1.54, 1.807) is 12.1 Å². The van der Waals surface area contributed by atoms with Crippen LogP contribution in [0.4, 0.5) is 4.39 Å². The first-order chi connectivity index (χ1) is 7.67. The van der Waals surface area contributed by atoms with Gasteiger partial charge in [0.15, 0.2) is 11.6 Å². The average Bonchev–Trinajstić information content (AvgIpc) is 2.29. The number of hydrogen-bond acceptors (Lipinski definition) is 4. The summed E-state index contributed by atoms with van der Waals surface area (Å²) in [5.74, 6) is 0.870. The molecule has 0 aromatic heterocycles. The van der Waals surface area contributed by atoms with Gasteiger partial charge in [-0.2, -0.15) is 11.8 Å². The van der Waals surface area contributed by atoms with Gasteiger partial charge < -0.3 is 14.9 Å². The molecule has 0 saturated heterocycles. The van der Waals surface area contributed by atoms with Crippen molar-refractivity contribution in [1.29, 1.82) is 0 Å². The van der Waals surface area contributed by atoms with E-state index in [-0.39, 0.29) is 18.2 Å². The van der Waals surface area contributed by atoms with Crippen LogP contribution in [0.3, 0.4) is 0 Å². The summed E-state index contributed by atoms with van der Waals surface area (Å²) in [5, 5.41) is 17.7.